The van der Waals surface area contributed by atoms with Crippen LogP contribution in [0.3, 0.4) is 0 Å². The maximum Gasteiger partial charge on any atom is 0.254 e. The smallest absolute Gasteiger partial charge is 0.254 e. The summed E-state index contributed by atoms with van der Waals surface area (Å²) >= 11 is 1.54. The fraction of sp³-hybridized carbons (Fsp3) is 0.444. The Morgan fingerprint density at radius 3 is 3.00 bits per heavy atom. The van der Waals surface area contributed by atoms with Crippen molar-refractivity contribution in [2.24, 2.45) is 0 Å². The summed E-state index contributed by atoms with van der Waals surface area (Å²) in [6, 6.07) is 5.85. The normalized spacial score (nSPS) is 24.3. The molecule has 0 saturated carbocycles. The molecular weight excluding hydrogens is 338 g/mol. The second kappa shape index (κ2) is 7.11. The predicted octanol–water partition coefficient (Wildman–Crippen LogP) is 1.89. The minimum absolute atomic E-state index is 0.0705. The van der Waals surface area contributed by atoms with Crippen molar-refractivity contribution in [1.29, 1.82) is 0 Å². The van der Waals surface area contributed by atoms with E-state index in [0.29, 0.717) is 39.5 Å². The van der Waals surface area contributed by atoms with Crippen molar-refractivity contribution in [3.05, 3.63) is 46.9 Å². The van der Waals surface area contributed by atoms with Gasteiger partial charge in [-0.2, -0.15) is 11.3 Å². The third-order valence-electron chi connectivity index (χ3n) is 4.66. The molecule has 2 aromatic heterocycles. The van der Waals surface area contributed by atoms with E-state index in [4.69, 9.17) is 9.47 Å². The van der Waals surface area contributed by atoms with Crippen LogP contribution in [0, 0.1) is 0 Å². The van der Waals surface area contributed by atoms with Crippen molar-refractivity contribution in [2.75, 3.05) is 50.9 Å². The molecule has 2 saturated heterocycles. The van der Waals surface area contributed by atoms with Crippen molar-refractivity contribution in [3.63, 3.8) is 0 Å². The minimum atomic E-state index is -0.504. The highest BCUT2D eigenvalue weighted by Gasteiger charge is 2.42. The summed E-state index contributed by atoms with van der Waals surface area (Å²) in [6.07, 6.45) is 3.63. The van der Waals surface area contributed by atoms with Crippen LogP contribution in [-0.4, -0.2) is 67.4 Å². The van der Waals surface area contributed by atoms with Crippen LogP contribution >= 0.6 is 11.3 Å². The fourth-order valence-corrected chi connectivity index (χ4v) is 4.07. The van der Waals surface area contributed by atoms with Crippen LogP contribution in [0.2, 0.25) is 0 Å². The van der Waals surface area contributed by atoms with Crippen LogP contribution in [0.5, 0.6) is 0 Å². The van der Waals surface area contributed by atoms with E-state index >= 15 is 0 Å². The van der Waals surface area contributed by atoms with Gasteiger partial charge < -0.3 is 19.3 Å². The summed E-state index contributed by atoms with van der Waals surface area (Å²) in [5, 5.41) is 3.83. The maximum atomic E-state index is 12.7. The highest BCUT2D eigenvalue weighted by atomic mass is 32.1. The molecule has 7 heteroatoms. The predicted molar refractivity (Wildman–Crippen MR) is 96.2 cm³/mol. The van der Waals surface area contributed by atoms with Gasteiger partial charge in [-0.1, -0.05) is 0 Å². The zero-order valence-corrected chi connectivity index (χ0v) is 14.8. The standard InChI is InChI=1S/C18H21N3O3S/c22-17(15-3-9-25-11-15)21-6-8-24-18(13-21)12-20(5-7-23-14-18)16-2-1-4-19-10-16/h1-4,9-11H,5-8,12-14H2. The zero-order valence-electron chi connectivity index (χ0n) is 14.0. The van der Waals surface area contributed by atoms with Crippen molar-refractivity contribution < 1.29 is 14.3 Å². The van der Waals surface area contributed by atoms with Gasteiger partial charge in [0.15, 0.2) is 0 Å². The Morgan fingerprint density at radius 2 is 2.20 bits per heavy atom. The molecule has 0 bridgehead atoms. The molecule has 2 aliphatic heterocycles. The number of aromatic nitrogens is 1. The molecule has 6 nitrogen and oxygen atoms in total. The van der Waals surface area contributed by atoms with Crippen molar-refractivity contribution in [1.82, 2.24) is 9.88 Å². The van der Waals surface area contributed by atoms with Crippen molar-refractivity contribution in [3.8, 4) is 0 Å². The SMILES string of the molecule is O=C(c1ccsc1)N1CCOC2(COCCN(c3cccnc3)C2)C1. The summed E-state index contributed by atoms with van der Waals surface area (Å²) in [6.45, 7) is 4.29. The number of ether oxygens (including phenoxy) is 2. The van der Waals surface area contributed by atoms with Crippen LogP contribution < -0.4 is 4.90 Å². The Morgan fingerprint density at radius 1 is 1.24 bits per heavy atom. The van der Waals surface area contributed by atoms with Crippen molar-refractivity contribution >= 4 is 22.9 Å². The van der Waals surface area contributed by atoms with Gasteiger partial charge in [-0.25, -0.2) is 0 Å². The van der Waals surface area contributed by atoms with E-state index in [2.05, 4.69) is 9.88 Å². The lowest BCUT2D eigenvalue weighted by Gasteiger charge is -2.43. The van der Waals surface area contributed by atoms with E-state index < -0.39 is 5.60 Å². The Labute approximate surface area is 151 Å². The van der Waals surface area contributed by atoms with Gasteiger partial charge in [0, 0.05) is 24.7 Å². The number of carbonyl (C=O) groups excluding carboxylic acids is 1. The Hall–Kier alpha value is -1.96. The van der Waals surface area contributed by atoms with Gasteiger partial charge in [0.05, 0.1) is 50.4 Å². The van der Waals surface area contributed by atoms with E-state index in [0.717, 1.165) is 17.8 Å². The molecule has 1 spiro atoms. The molecule has 0 radical (unpaired) electrons. The van der Waals surface area contributed by atoms with Gasteiger partial charge in [-0.05, 0) is 23.6 Å². The maximum absolute atomic E-state index is 12.7. The first-order valence-corrected chi connectivity index (χ1v) is 9.38. The molecule has 2 aliphatic rings. The number of hydrogen-bond acceptors (Lipinski definition) is 6. The lowest BCUT2D eigenvalue weighted by atomic mass is 10.0. The summed E-state index contributed by atoms with van der Waals surface area (Å²) in [7, 11) is 0. The number of anilines is 1. The molecule has 4 rings (SSSR count). The molecule has 2 aromatic rings. The quantitative estimate of drug-likeness (QED) is 0.820. The molecule has 1 atom stereocenters. The lowest BCUT2D eigenvalue weighted by Crippen LogP contribution is -2.60. The number of rotatable bonds is 2. The molecule has 2 fully saturated rings. The number of carbonyl (C=O) groups is 1. The van der Waals surface area contributed by atoms with Crippen LogP contribution in [0.25, 0.3) is 0 Å². The van der Waals surface area contributed by atoms with Gasteiger partial charge >= 0.3 is 0 Å². The van der Waals surface area contributed by atoms with Crippen LogP contribution in [0.1, 0.15) is 10.4 Å². The number of nitrogens with zero attached hydrogens (tertiary/aromatic N) is 3. The summed E-state index contributed by atoms with van der Waals surface area (Å²) in [4.78, 5) is 21.1. The van der Waals surface area contributed by atoms with Gasteiger partial charge in [0.2, 0.25) is 0 Å². The van der Waals surface area contributed by atoms with E-state index in [9.17, 15) is 4.79 Å². The molecular formula is C18H21N3O3S. The number of thiophene rings is 1. The highest BCUT2D eigenvalue weighted by Crippen LogP contribution is 2.26. The number of pyridine rings is 1. The molecule has 132 valence electrons. The summed E-state index contributed by atoms with van der Waals surface area (Å²) in [5.41, 5.74) is 1.30. The van der Waals surface area contributed by atoms with Gasteiger partial charge in [-0.3, -0.25) is 9.78 Å². The minimum Gasteiger partial charge on any atom is -0.376 e. The fourth-order valence-electron chi connectivity index (χ4n) is 3.44. The van der Waals surface area contributed by atoms with Gasteiger partial charge in [-0.15, -0.1) is 0 Å². The summed E-state index contributed by atoms with van der Waals surface area (Å²) < 4.78 is 12.0. The van der Waals surface area contributed by atoms with Crippen LogP contribution in [-0.2, 0) is 9.47 Å². The molecule has 0 aromatic carbocycles. The Balaban J connectivity index is 1.53. The topological polar surface area (TPSA) is 54.9 Å². The lowest BCUT2D eigenvalue weighted by molar-refractivity contribution is -0.124. The second-order valence-electron chi connectivity index (χ2n) is 6.46. The first kappa shape index (κ1) is 16.5. The largest absolute Gasteiger partial charge is 0.376 e. The van der Waals surface area contributed by atoms with E-state index in [1.165, 1.54) is 0 Å². The zero-order chi connectivity index (χ0) is 17.1. The van der Waals surface area contributed by atoms with Gasteiger partial charge in [0.1, 0.15) is 5.60 Å². The monoisotopic (exact) mass is 359 g/mol. The average Bonchev–Trinajstić information content (AvgIpc) is 3.12. The number of amides is 1. The highest BCUT2D eigenvalue weighted by molar-refractivity contribution is 7.08. The van der Waals surface area contributed by atoms with E-state index in [1.807, 2.05) is 40.1 Å². The Kier molecular flexibility index (Phi) is 4.70. The average molecular weight is 359 g/mol. The third kappa shape index (κ3) is 3.53. The van der Waals surface area contributed by atoms with Crippen molar-refractivity contribution in [2.45, 2.75) is 5.60 Å². The first-order valence-electron chi connectivity index (χ1n) is 8.44. The summed E-state index contributed by atoms with van der Waals surface area (Å²) in [5.74, 6) is 0.0705. The Bertz CT molecular complexity index is 710. The van der Waals surface area contributed by atoms with Crippen LogP contribution in [0.4, 0.5) is 5.69 Å². The van der Waals surface area contributed by atoms with Crippen LogP contribution in [0.15, 0.2) is 41.4 Å². The molecule has 1 unspecified atom stereocenters. The first-order chi connectivity index (χ1) is 12.3. The molecule has 0 N–H and O–H groups in total. The van der Waals surface area contributed by atoms with Gasteiger partial charge in [0.25, 0.3) is 5.91 Å². The second-order valence-corrected chi connectivity index (χ2v) is 7.24. The molecule has 1 amide bonds. The number of hydrogen-bond donors (Lipinski definition) is 0. The van der Waals surface area contributed by atoms with E-state index in [1.54, 1.807) is 17.5 Å². The van der Waals surface area contributed by atoms with E-state index in [-0.39, 0.29) is 5.91 Å². The molecule has 0 aliphatic carbocycles. The third-order valence-corrected chi connectivity index (χ3v) is 5.35. The molecule has 4 heterocycles. The molecule has 25 heavy (non-hydrogen) atoms. The number of morpholine rings is 1.